The minimum absolute atomic E-state index is 0.0120. The van der Waals surface area contributed by atoms with Crippen molar-refractivity contribution in [1.82, 2.24) is 14.9 Å². The topological polar surface area (TPSA) is 58.2 Å². The lowest BCUT2D eigenvalue weighted by Gasteiger charge is -2.27. The molecule has 0 fully saturated rings. The SMILES string of the molecule is COc1ccc(CN2CCc3nc(SCc4ccc(C)c(C)c4)[nH]c(=O)c3C2)cc1. The number of aromatic amines is 1. The summed E-state index contributed by atoms with van der Waals surface area (Å²) in [6.07, 6.45) is 0.798. The van der Waals surface area contributed by atoms with Gasteiger partial charge in [0, 0.05) is 31.8 Å². The minimum Gasteiger partial charge on any atom is -0.497 e. The Morgan fingerprint density at radius 2 is 1.87 bits per heavy atom. The molecule has 0 aliphatic carbocycles. The number of benzene rings is 2. The molecule has 30 heavy (non-hydrogen) atoms. The largest absolute Gasteiger partial charge is 0.497 e. The number of fused-ring (bicyclic) bond motifs is 1. The summed E-state index contributed by atoms with van der Waals surface area (Å²) in [6, 6.07) is 14.6. The molecule has 0 saturated carbocycles. The number of nitrogens with one attached hydrogen (secondary N) is 1. The van der Waals surface area contributed by atoms with E-state index in [1.165, 1.54) is 22.3 Å². The number of aryl methyl sites for hydroxylation is 2. The lowest BCUT2D eigenvalue weighted by Crippen LogP contribution is -2.35. The van der Waals surface area contributed by atoms with Gasteiger partial charge in [-0.2, -0.15) is 0 Å². The number of ether oxygens (including phenoxy) is 1. The van der Waals surface area contributed by atoms with Crippen LogP contribution in [-0.4, -0.2) is 28.5 Å². The van der Waals surface area contributed by atoms with Crippen LogP contribution >= 0.6 is 11.8 Å². The van der Waals surface area contributed by atoms with E-state index in [-0.39, 0.29) is 5.56 Å². The zero-order valence-electron chi connectivity index (χ0n) is 17.7. The molecule has 1 aliphatic rings. The van der Waals surface area contributed by atoms with Crippen molar-refractivity contribution in [3.05, 3.63) is 86.3 Å². The Labute approximate surface area is 181 Å². The van der Waals surface area contributed by atoms with Crippen molar-refractivity contribution in [2.45, 2.75) is 44.3 Å². The number of hydrogen-bond acceptors (Lipinski definition) is 5. The van der Waals surface area contributed by atoms with Gasteiger partial charge < -0.3 is 9.72 Å². The average Bonchev–Trinajstić information content (AvgIpc) is 2.75. The molecule has 5 nitrogen and oxygen atoms in total. The summed E-state index contributed by atoms with van der Waals surface area (Å²) < 4.78 is 5.22. The zero-order valence-corrected chi connectivity index (χ0v) is 18.5. The van der Waals surface area contributed by atoms with Gasteiger partial charge >= 0.3 is 0 Å². The lowest BCUT2D eigenvalue weighted by atomic mass is 10.1. The summed E-state index contributed by atoms with van der Waals surface area (Å²) in [4.78, 5) is 22.8. The van der Waals surface area contributed by atoms with Crippen LogP contribution in [0.1, 0.15) is 33.5 Å². The molecular weight excluding hydrogens is 394 g/mol. The Morgan fingerprint density at radius 1 is 1.10 bits per heavy atom. The molecule has 3 aromatic rings. The van der Waals surface area contributed by atoms with E-state index in [9.17, 15) is 4.79 Å². The van der Waals surface area contributed by atoms with Gasteiger partial charge in [0.2, 0.25) is 0 Å². The van der Waals surface area contributed by atoms with Crippen LogP contribution in [0.15, 0.2) is 52.4 Å². The molecular formula is C24H27N3O2S. The van der Waals surface area contributed by atoms with E-state index in [1.807, 2.05) is 12.1 Å². The predicted molar refractivity (Wildman–Crippen MR) is 121 cm³/mol. The monoisotopic (exact) mass is 421 g/mol. The lowest BCUT2D eigenvalue weighted by molar-refractivity contribution is 0.241. The molecule has 2 aromatic carbocycles. The molecule has 1 aliphatic heterocycles. The van der Waals surface area contributed by atoms with Crippen LogP contribution in [0, 0.1) is 13.8 Å². The van der Waals surface area contributed by atoms with Crippen molar-refractivity contribution in [1.29, 1.82) is 0 Å². The van der Waals surface area contributed by atoms with Crippen LogP contribution in [0.25, 0.3) is 0 Å². The van der Waals surface area contributed by atoms with E-state index in [1.54, 1.807) is 18.9 Å². The molecule has 0 radical (unpaired) electrons. The quantitative estimate of drug-likeness (QED) is 0.476. The third-order valence-corrected chi connectivity index (χ3v) is 6.58. The molecule has 6 heteroatoms. The fraction of sp³-hybridized carbons (Fsp3) is 0.333. The van der Waals surface area contributed by atoms with Gasteiger partial charge in [-0.15, -0.1) is 0 Å². The van der Waals surface area contributed by atoms with E-state index in [4.69, 9.17) is 9.72 Å². The summed E-state index contributed by atoms with van der Waals surface area (Å²) in [5.41, 5.74) is 6.76. The summed E-state index contributed by atoms with van der Waals surface area (Å²) in [5, 5.41) is 0.709. The third-order valence-electron chi connectivity index (χ3n) is 5.64. The van der Waals surface area contributed by atoms with Crippen molar-refractivity contribution >= 4 is 11.8 Å². The van der Waals surface area contributed by atoms with Crippen LogP contribution in [0.3, 0.4) is 0 Å². The smallest absolute Gasteiger partial charge is 0.256 e. The van der Waals surface area contributed by atoms with Gasteiger partial charge in [0.05, 0.1) is 18.4 Å². The molecule has 0 atom stereocenters. The molecule has 4 rings (SSSR count). The molecule has 0 bridgehead atoms. The molecule has 0 saturated heterocycles. The van der Waals surface area contributed by atoms with E-state index in [0.29, 0.717) is 11.7 Å². The zero-order chi connectivity index (χ0) is 21.1. The second kappa shape index (κ2) is 9.06. The number of rotatable bonds is 6. The van der Waals surface area contributed by atoms with Crippen molar-refractivity contribution in [3.8, 4) is 5.75 Å². The Kier molecular flexibility index (Phi) is 6.25. The van der Waals surface area contributed by atoms with Gasteiger partial charge in [-0.1, -0.05) is 42.1 Å². The highest BCUT2D eigenvalue weighted by Crippen LogP contribution is 2.23. The summed E-state index contributed by atoms with van der Waals surface area (Å²) in [5.74, 6) is 1.65. The number of methoxy groups -OCH3 is 1. The van der Waals surface area contributed by atoms with Crippen LogP contribution in [-0.2, 0) is 25.3 Å². The Morgan fingerprint density at radius 3 is 2.60 bits per heavy atom. The number of hydrogen-bond donors (Lipinski definition) is 1. The van der Waals surface area contributed by atoms with Crippen LogP contribution in [0.2, 0.25) is 0 Å². The second-order valence-corrected chi connectivity index (χ2v) is 8.78. The summed E-state index contributed by atoms with van der Waals surface area (Å²) in [6.45, 7) is 6.58. The predicted octanol–water partition coefficient (Wildman–Crippen LogP) is 4.25. The van der Waals surface area contributed by atoms with E-state index in [2.05, 4.69) is 54.1 Å². The maximum Gasteiger partial charge on any atom is 0.256 e. The fourth-order valence-electron chi connectivity index (χ4n) is 3.70. The molecule has 0 unspecified atom stereocenters. The van der Waals surface area contributed by atoms with Crippen molar-refractivity contribution in [2.75, 3.05) is 13.7 Å². The number of thioether (sulfide) groups is 1. The van der Waals surface area contributed by atoms with Gasteiger partial charge in [0.15, 0.2) is 5.16 Å². The first-order chi connectivity index (χ1) is 14.5. The third kappa shape index (κ3) is 4.77. The maximum atomic E-state index is 12.7. The average molecular weight is 422 g/mol. The second-order valence-electron chi connectivity index (χ2n) is 7.81. The Bertz CT molecular complexity index is 1090. The van der Waals surface area contributed by atoms with Gasteiger partial charge in [-0.25, -0.2) is 4.98 Å². The van der Waals surface area contributed by atoms with Gasteiger partial charge in [-0.05, 0) is 48.2 Å². The van der Waals surface area contributed by atoms with E-state index < -0.39 is 0 Å². The van der Waals surface area contributed by atoms with Gasteiger partial charge in [0.25, 0.3) is 5.56 Å². The number of aromatic nitrogens is 2. The highest BCUT2D eigenvalue weighted by atomic mass is 32.2. The summed E-state index contributed by atoms with van der Waals surface area (Å²) >= 11 is 1.59. The van der Waals surface area contributed by atoms with Gasteiger partial charge in [-0.3, -0.25) is 9.69 Å². The number of H-pyrrole nitrogens is 1. The normalized spacial score (nSPS) is 13.8. The van der Waals surface area contributed by atoms with Crippen molar-refractivity contribution < 1.29 is 4.74 Å². The van der Waals surface area contributed by atoms with E-state index in [0.717, 1.165) is 42.3 Å². The van der Waals surface area contributed by atoms with Crippen LogP contribution < -0.4 is 10.3 Å². The van der Waals surface area contributed by atoms with Crippen LogP contribution in [0.4, 0.5) is 0 Å². The van der Waals surface area contributed by atoms with Crippen molar-refractivity contribution in [2.24, 2.45) is 0 Å². The molecule has 1 aromatic heterocycles. The fourth-order valence-corrected chi connectivity index (χ4v) is 4.52. The highest BCUT2D eigenvalue weighted by molar-refractivity contribution is 7.98. The Hall–Kier alpha value is -2.57. The minimum atomic E-state index is -0.0120. The number of nitrogens with zero attached hydrogens (tertiary/aromatic N) is 2. The molecule has 1 N–H and O–H groups in total. The Balaban J connectivity index is 1.42. The summed E-state index contributed by atoms with van der Waals surface area (Å²) in [7, 11) is 1.67. The van der Waals surface area contributed by atoms with Crippen molar-refractivity contribution in [3.63, 3.8) is 0 Å². The molecule has 0 amide bonds. The van der Waals surface area contributed by atoms with Crippen LogP contribution in [0.5, 0.6) is 5.75 Å². The first-order valence-electron chi connectivity index (χ1n) is 10.2. The van der Waals surface area contributed by atoms with Gasteiger partial charge in [0.1, 0.15) is 5.75 Å². The first kappa shape index (κ1) is 20.7. The highest BCUT2D eigenvalue weighted by Gasteiger charge is 2.21. The first-order valence-corrected chi connectivity index (χ1v) is 11.2. The maximum absolute atomic E-state index is 12.7. The van der Waals surface area contributed by atoms with E-state index >= 15 is 0 Å². The molecule has 0 spiro atoms. The standard InChI is InChI=1S/C24H27N3O2S/c1-16-4-5-19(12-17(16)2)15-30-24-25-22-10-11-27(14-21(22)23(28)26-24)13-18-6-8-20(29-3)9-7-18/h4-9,12H,10-11,13-15H2,1-3H3,(H,25,26,28). The molecule has 156 valence electrons. The molecule has 2 heterocycles.